The lowest BCUT2D eigenvalue weighted by molar-refractivity contribution is 1.15. The molecule has 50 valence electrons. The number of hydrogen-bond acceptors (Lipinski definition) is 2. The summed E-state index contributed by atoms with van der Waals surface area (Å²) in [5.74, 6) is 0. The molecule has 2 heteroatoms. The molecule has 10 heavy (non-hydrogen) atoms. The molecule has 0 aliphatic heterocycles. The lowest BCUT2D eigenvalue weighted by Crippen LogP contribution is -1.78. The molecule has 0 radical (unpaired) electrons. The van der Waals surface area contributed by atoms with E-state index in [2.05, 4.69) is 16.5 Å². The molecule has 1 aromatic rings. The number of hydrogen-bond donors (Lipinski definition) is 0. The molecule has 0 atom stereocenters. The lowest BCUT2D eigenvalue weighted by atomic mass is 10.3. The van der Waals surface area contributed by atoms with E-state index in [-0.39, 0.29) is 0 Å². The van der Waals surface area contributed by atoms with Crippen LogP contribution in [0, 0.1) is 0 Å². The molecule has 0 saturated carbocycles. The summed E-state index contributed by atoms with van der Waals surface area (Å²) in [5.41, 5.74) is 0.898. The highest BCUT2D eigenvalue weighted by molar-refractivity contribution is 5.45. The van der Waals surface area contributed by atoms with E-state index in [1.54, 1.807) is 12.3 Å². The quantitative estimate of drug-likeness (QED) is 0.572. The molecule has 0 aromatic carbocycles. The van der Waals surface area contributed by atoms with Crippen LogP contribution in [0.4, 0.5) is 0 Å². The minimum atomic E-state index is 0.898. The average Bonchev–Trinajstić information content (AvgIpc) is 2.03. The Morgan fingerprint density at radius 3 is 3.00 bits per heavy atom. The van der Waals surface area contributed by atoms with Crippen molar-refractivity contribution in [3.05, 3.63) is 43.0 Å². The van der Waals surface area contributed by atoms with Crippen LogP contribution >= 0.6 is 0 Å². The highest BCUT2D eigenvalue weighted by atomic mass is 14.8. The second-order valence-electron chi connectivity index (χ2n) is 1.73. The summed E-state index contributed by atoms with van der Waals surface area (Å²) in [5, 5.41) is 0. The number of rotatable bonds is 2. The van der Waals surface area contributed by atoms with Gasteiger partial charge >= 0.3 is 0 Å². The van der Waals surface area contributed by atoms with Crippen molar-refractivity contribution in [1.29, 1.82) is 0 Å². The lowest BCUT2D eigenvalue weighted by Gasteiger charge is -1.85. The largest absolute Gasteiger partial charge is 0.245 e. The molecule has 0 fully saturated rings. The summed E-state index contributed by atoms with van der Waals surface area (Å²) >= 11 is 0. The van der Waals surface area contributed by atoms with Crippen molar-refractivity contribution in [3.8, 4) is 0 Å². The highest BCUT2D eigenvalue weighted by Crippen LogP contribution is 1.93. The van der Waals surface area contributed by atoms with Gasteiger partial charge in [0.15, 0.2) is 0 Å². The van der Waals surface area contributed by atoms with E-state index in [1.165, 1.54) is 6.33 Å². The Hall–Kier alpha value is -1.44. The fourth-order valence-electron chi connectivity index (χ4n) is 0.566. The molecule has 0 bridgehead atoms. The first-order valence-corrected chi connectivity index (χ1v) is 2.98. The van der Waals surface area contributed by atoms with Crippen LogP contribution in [0.25, 0.3) is 6.08 Å². The zero-order valence-corrected chi connectivity index (χ0v) is 5.57. The Balaban J connectivity index is 2.76. The molecule has 0 aliphatic carbocycles. The van der Waals surface area contributed by atoms with Gasteiger partial charge in [0.05, 0.1) is 5.69 Å². The van der Waals surface area contributed by atoms with Crippen LogP contribution in [0.5, 0.6) is 0 Å². The minimum Gasteiger partial charge on any atom is -0.245 e. The van der Waals surface area contributed by atoms with Crippen molar-refractivity contribution < 1.29 is 0 Å². The van der Waals surface area contributed by atoms with Gasteiger partial charge in [0.2, 0.25) is 0 Å². The maximum Gasteiger partial charge on any atom is 0.115 e. The molecular formula is C8H8N2. The van der Waals surface area contributed by atoms with Crippen LogP contribution in [-0.2, 0) is 0 Å². The van der Waals surface area contributed by atoms with Crippen molar-refractivity contribution in [3.63, 3.8) is 0 Å². The van der Waals surface area contributed by atoms with Gasteiger partial charge in [-0.2, -0.15) is 0 Å². The molecule has 0 unspecified atom stereocenters. The van der Waals surface area contributed by atoms with Gasteiger partial charge in [0.1, 0.15) is 6.33 Å². The van der Waals surface area contributed by atoms with Crippen LogP contribution in [0.3, 0.4) is 0 Å². The molecule has 0 saturated heterocycles. The summed E-state index contributed by atoms with van der Waals surface area (Å²) < 4.78 is 0. The van der Waals surface area contributed by atoms with Crippen molar-refractivity contribution in [1.82, 2.24) is 9.97 Å². The van der Waals surface area contributed by atoms with Crippen LogP contribution in [0.15, 0.2) is 37.3 Å². The zero-order valence-electron chi connectivity index (χ0n) is 5.57. The summed E-state index contributed by atoms with van der Waals surface area (Å²) in [4.78, 5) is 7.75. The zero-order chi connectivity index (χ0) is 7.23. The van der Waals surface area contributed by atoms with Gasteiger partial charge in [-0.05, 0) is 12.1 Å². The smallest absolute Gasteiger partial charge is 0.115 e. The molecule has 1 aromatic heterocycles. The molecule has 1 heterocycles. The minimum absolute atomic E-state index is 0.898. The van der Waals surface area contributed by atoms with Crippen LogP contribution in [0.1, 0.15) is 5.69 Å². The van der Waals surface area contributed by atoms with E-state index >= 15 is 0 Å². The normalized spacial score (nSPS) is 10.0. The Morgan fingerprint density at radius 2 is 2.40 bits per heavy atom. The van der Waals surface area contributed by atoms with E-state index < -0.39 is 0 Å². The maximum absolute atomic E-state index is 3.97. The summed E-state index contributed by atoms with van der Waals surface area (Å²) in [7, 11) is 0. The van der Waals surface area contributed by atoms with Gasteiger partial charge in [-0.25, -0.2) is 9.97 Å². The third-order valence-electron chi connectivity index (χ3n) is 1.01. The van der Waals surface area contributed by atoms with E-state index in [1.807, 2.05) is 18.2 Å². The number of allylic oxidation sites excluding steroid dienone is 2. The maximum atomic E-state index is 3.97. The van der Waals surface area contributed by atoms with Crippen molar-refractivity contribution in [2.45, 2.75) is 0 Å². The Bertz CT molecular complexity index is 226. The first kappa shape index (κ1) is 6.68. The fourth-order valence-corrected chi connectivity index (χ4v) is 0.566. The first-order chi connectivity index (χ1) is 4.93. The van der Waals surface area contributed by atoms with E-state index in [0.717, 1.165) is 5.69 Å². The van der Waals surface area contributed by atoms with Crippen LogP contribution in [-0.4, -0.2) is 9.97 Å². The molecule has 0 aliphatic rings. The Kier molecular flexibility index (Phi) is 2.38. The molecular weight excluding hydrogens is 124 g/mol. The monoisotopic (exact) mass is 132 g/mol. The molecule has 0 amide bonds. The first-order valence-electron chi connectivity index (χ1n) is 2.98. The predicted octanol–water partition coefficient (Wildman–Crippen LogP) is 1.68. The second-order valence-corrected chi connectivity index (χ2v) is 1.73. The highest BCUT2D eigenvalue weighted by Gasteiger charge is 1.80. The van der Waals surface area contributed by atoms with Crippen molar-refractivity contribution in [2.24, 2.45) is 0 Å². The van der Waals surface area contributed by atoms with E-state index in [0.29, 0.717) is 0 Å². The van der Waals surface area contributed by atoms with Crippen LogP contribution < -0.4 is 0 Å². The predicted molar refractivity (Wildman–Crippen MR) is 41.3 cm³/mol. The van der Waals surface area contributed by atoms with Crippen molar-refractivity contribution >= 4 is 6.08 Å². The standard InChI is InChI=1S/C8H8N2/c1-2-3-4-8-5-6-9-7-10-8/h2-7H,1H2. The van der Waals surface area contributed by atoms with Crippen LogP contribution in [0.2, 0.25) is 0 Å². The molecule has 0 spiro atoms. The van der Waals surface area contributed by atoms with Gasteiger partial charge < -0.3 is 0 Å². The van der Waals surface area contributed by atoms with Gasteiger partial charge in [-0.1, -0.05) is 18.7 Å². The summed E-state index contributed by atoms with van der Waals surface area (Å²) in [6, 6.07) is 1.83. The van der Waals surface area contributed by atoms with Crippen molar-refractivity contribution in [2.75, 3.05) is 0 Å². The SMILES string of the molecule is C=CC=Cc1ccncn1. The van der Waals surface area contributed by atoms with Gasteiger partial charge in [-0.15, -0.1) is 0 Å². The second kappa shape index (κ2) is 3.56. The molecule has 0 N–H and O–H groups in total. The third-order valence-corrected chi connectivity index (χ3v) is 1.01. The average molecular weight is 132 g/mol. The molecule has 2 nitrogen and oxygen atoms in total. The summed E-state index contributed by atoms with van der Waals surface area (Å²) in [6.07, 6.45) is 8.64. The van der Waals surface area contributed by atoms with E-state index in [9.17, 15) is 0 Å². The molecule has 1 rings (SSSR count). The fraction of sp³-hybridized carbons (Fsp3) is 0. The van der Waals surface area contributed by atoms with E-state index in [4.69, 9.17) is 0 Å². The third kappa shape index (κ3) is 1.82. The number of nitrogens with zero attached hydrogens (tertiary/aromatic N) is 2. The van der Waals surface area contributed by atoms with Gasteiger partial charge in [-0.3, -0.25) is 0 Å². The van der Waals surface area contributed by atoms with Gasteiger partial charge in [0, 0.05) is 6.20 Å². The number of aromatic nitrogens is 2. The van der Waals surface area contributed by atoms with Gasteiger partial charge in [0.25, 0.3) is 0 Å². The topological polar surface area (TPSA) is 25.8 Å². The Labute approximate surface area is 60.0 Å². The summed E-state index contributed by atoms with van der Waals surface area (Å²) in [6.45, 7) is 3.55. The Morgan fingerprint density at radius 1 is 1.50 bits per heavy atom.